The van der Waals surface area contributed by atoms with Crippen molar-refractivity contribution in [3.8, 4) is 0 Å². The summed E-state index contributed by atoms with van der Waals surface area (Å²) < 4.78 is 29.1. The van der Waals surface area contributed by atoms with E-state index in [0.717, 1.165) is 15.4 Å². The molecule has 0 heterocycles. The van der Waals surface area contributed by atoms with Crippen LogP contribution in [0.25, 0.3) is 0 Å². The Morgan fingerprint density at radius 1 is 0.878 bits per heavy atom. The highest BCUT2D eigenvalue weighted by Gasteiger charge is 2.34. The van der Waals surface area contributed by atoms with Gasteiger partial charge in [0.15, 0.2) is 0 Å². The molecule has 10 heteroatoms. The lowest BCUT2D eigenvalue weighted by atomic mass is 10.1. The summed E-state index contributed by atoms with van der Waals surface area (Å²) in [5.74, 6) is -0.923. The maximum atomic E-state index is 14.1. The lowest BCUT2D eigenvalue weighted by molar-refractivity contribution is -0.140. The molecule has 0 aromatic heterocycles. The molecule has 3 aromatic rings. The van der Waals surface area contributed by atoms with Crippen LogP contribution in [-0.4, -0.2) is 43.3 Å². The molecule has 0 saturated carbocycles. The van der Waals surface area contributed by atoms with Crippen molar-refractivity contribution in [1.82, 2.24) is 10.2 Å². The van der Waals surface area contributed by atoms with Gasteiger partial charge in [-0.15, -0.1) is 0 Å². The molecule has 1 N–H and O–H groups in total. The highest BCUT2D eigenvalue weighted by Crippen LogP contribution is 2.29. The normalized spacial score (nSPS) is 12.5. The average molecular weight is 619 g/mol. The number of nitrogens with one attached hydrogen (secondary N) is 1. The summed E-state index contributed by atoms with van der Waals surface area (Å²) in [5, 5.41) is 3.58. The van der Waals surface area contributed by atoms with E-state index in [1.54, 1.807) is 56.3 Å². The number of hydrogen-bond acceptors (Lipinski definition) is 4. The zero-order chi connectivity index (χ0) is 30.7. The number of nitrogens with zero attached hydrogens (tertiary/aromatic N) is 2. The highest BCUT2D eigenvalue weighted by molar-refractivity contribution is 7.92. The van der Waals surface area contributed by atoms with Gasteiger partial charge in [0.1, 0.15) is 12.6 Å². The van der Waals surface area contributed by atoms with E-state index in [1.807, 2.05) is 40.7 Å². The van der Waals surface area contributed by atoms with Crippen molar-refractivity contribution in [2.45, 2.75) is 71.5 Å². The summed E-state index contributed by atoms with van der Waals surface area (Å²) >= 11 is 12.3. The lowest BCUT2D eigenvalue weighted by Crippen LogP contribution is -2.54. The third kappa shape index (κ3) is 8.24. The molecule has 220 valence electrons. The molecular formula is C31H37Cl2N3O4S. The van der Waals surface area contributed by atoms with Crippen molar-refractivity contribution in [3.63, 3.8) is 0 Å². The molecule has 3 rings (SSSR count). The summed E-state index contributed by atoms with van der Waals surface area (Å²) in [6.45, 7) is 12.2. The van der Waals surface area contributed by atoms with Gasteiger partial charge in [0.05, 0.1) is 20.6 Å². The highest BCUT2D eigenvalue weighted by atomic mass is 35.5. The van der Waals surface area contributed by atoms with Gasteiger partial charge in [-0.2, -0.15) is 0 Å². The van der Waals surface area contributed by atoms with Crippen LogP contribution in [0.2, 0.25) is 10.0 Å². The standard InChI is InChI=1S/C31H37Cl2N3O4S/c1-20-8-12-25(13-9-20)41(39,40)36(28-15-10-21(2)16-22(28)3)19-29(37)35(23(4)30(38)34-31(5,6)7)18-24-11-14-26(32)27(33)17-24/h8-17,23H,18-19H2,1-7H3,(H,34,38). The minimum atomic E-state index is -4.15. The van der Waals surface area contributed by atoms with E-state index in [-0.39, 0.29) is 17.3 Å². The second-order valence-corrected chi connectivity index (χ2v) is 14.0. The van der Waals surface area contributed by atoms with Gasteiger partial charge in [0.25, 0.3) is 10.0 Å². The van der Waals surface area contributed by atoms with Crippen molar-refractivity contribution in [1.29, 1.82) is 0 Å². The number of anilines is 1. The van der Waals surface area contributed by atoms with Crippen molar-refractivity contribution in [2.75, 3.05) is 10.8 Å². The van der Waals surface area contributed by atoms with Gasteiger partial charge in [-0.25, -0.2) is 8.42 Å². The molecule has 0 radical (unpaired) electrons. The molecule has 2 amide bonds. The van der Waals surface area contributed by atoms with E-state index in [9.17, 15) is 18.0 Å². The van der Waals surface area contributed by atoms with Crippen LogP contribution in [0.1, 0.15) is 49.9 Å². The summed E-state index contributed by atoms with van der Waals surface area (Å²) in [4.78, 5) is 28.7. The van der Waals surface area contributed by atoms with Crippen molar-refractivity contribution < 1.29 is 18.0 Å². The molecule has 1 atom stereocenters. The molecule has 0 spiro atoms. The van der Waals surface area contributed by atoms with Crippen LogP contribution in [0.3, 0.4) is 0 Å². The maximum absolute atomic E-state index is 14.1. The number of rotatable bonds is 9. The Hall–Kier alpha value is -3.07. The number of sulfonamides is 1. The molecule has 41 heavy (non-hydrogen) atoms. The smallest absolute Gasteiger partial charge is 0.264 e. The number of halogens is 2. The molecule has 0 saturated heterocycles. The Labute approximate surface area is 253 Å². The first kappa shape index (κ1) is 32.4. The van der Waals surface area contributed by atoms with Gasteiger partial charge in [0.2, 0.25) is 11.8 Å². The van der Waals surface area contributed by atoms with Gasteiger partial charge in [-0.05, 0) is 89.9 Å². The van der Waals surface area contributed by atoms with E-state index in [2.05, 4.69) is 5.32 Å². The van der Waals surface area contributed by atoms with Gasteiger partial charge < -0.3 is 10.2 Å². The third-order valence-corrected chi connectivity index (χ3v) is 9.02. The quantitative estimate of drug-likeness (QED) is 0.299. The summed E-state index contributed by atoms with van der Waals surface area (Å²) in [5.41, 5.74) is 3.05. The van der Waals surface area contributed by atoms with E-state index < -0.39 is 34.1 Å². The van der Waals surface area contributed by atoms with Crippen LogP contribution in [0.4, 0.5) is 5.69 Å². The molecule has 0 aliphatic rings. The first-order valence-corrected chi connectivity index (χ1v) is 15.4. The van der Waals surface area contributed by atoms with Crippen molar-refractivity contribution >= 4 is 50.7 Å². The number of carbonyl (C=O) groups excluding carboxylic acids is 2. The Balaban J connectivity index is 2.09. The molecule has 0 fully saturated rings. The zero-order valence-electron chi connectivity index (χ0n) is 24.5. The molecule has 7 nitrogen and oxygen atoms in total. The second kappa shape index (κ2) is 12.8. The third-order valence-electron chi connectivity index (χ3n) is 6.51. The van der Waals surface area contributed by atoms with Gasteiger partial charge >= 0.3 is 0 Å². The molecule has 3 aromatic carbocycles. The predicted molar refractivity (Wildman–Crippen MR) is 166 cm³/mol. The fourth-order valence-electron chi connectivity index (χ4n) is 4.33. The van der Waals surface area contributed by atoms with Crippen molar-refractivity contribution in [3.05, 3.63) is 93.0 Å². The summed E-state index contributed by atoms with van der Waals surface area (Å²) in [6, 6.07) is 15.9. The Kier molecular flexibility index (Phi) is 10.2. The van der Waals surface area contributed by atoms with Crippen LogP contribution in [0.5, 0.6) is 0 Å². The Morgan fingerprint density at radius 3 is 2.05 bits per heavy atom. The van der Waals surface area contributed by atoms with E-state index in [0.29, 0.717) is 26.9 Å². The lowest BCUT2D eigenvalue weighted by Gasteiger charge is -2.34. The number of hydrogen-bond donors (Lipinski definition) is 1. The van der Waals surface area contributed by atoms with Crippen molar-refractivity contribution in [2.24, 2.45) is 0 Å². The molecule has 0 aliphatic carbocycles. The van der Waals surface area contributed by atoms with Gasteiger partial charge in [-0.3, -0.25) is 13.9 Å². The minimum absolute atomic E-state index is 0.0136. The van der Waals surface area contributed by atoms with Crippen LogP contribution < -0.4 is 9.62 Å². The fourth-order valence-corrected chi connectivity index (χ4v) is 6.13. The Bertz CT molecular complexity index is 1530. The van der Waals surface area contributed by atoms with Crippen LogP contribution in [-0.2, 0) is 26.2 Å². The first-order chi connectivity index (χ1) is 19.0. The zero-order valence-corrected chi connectivity index (χ0v) is 26.8. The fraction of sp³-hybridized carbons (Fsp3) is 0.355. The van der Waals surface area contributed by atoms with Gasteiger partial charge in [0, 0.05) is 12.1 Å². The average Bonchev–Trinajstić information content (AvgIpc) is 2.87. The number of amides is 2. The maximum Gasteiger partial charge on any atom is 0.264 e. The first-order valence-electron chi connectivity index (χ1n) is 13.2. The van der Waals surface area contributed by atoms with E-state index >= 15 is 0 Å². The predicted octanol–water partition coefficient (Wildman–Crippen LogP) is 6.45. The van der Waals surface area contributed by atoms with Crippen LogP contribution in [0, 0.1) is 20.8 Å². The largest absolute Gasteiger partial charge is 0.350 e. The van der Waals surface area contributed by atoms with E-state index in [1.165, 1.54) is 17.0 Å². The molecule has 0 aliphatic heterocycles. The topological polar surface area (TPSA) is 86.8 Å². The van der Waals surface area contributed by atoms with E-state index in [4.69, 9.17) is 23.2 Å². The number of aryl methyl sites for hydroxylation is 3. The summed E-state index contributed by atoms with van der Waals surface area (Å²) in [6.07, 6.45) is 0. The number of benzene rings is 3. The number of carbonyl (C=O) groups is 2. The molecule has 1 unspecified atom stereocenters. The Morgan fingerprint density at radius 2 is 1.49 bits per heavy atom. The van der Waals surface area contributed by atoms with Gasteiger partial charge in [-0.1, -0.05) is 64.7 Å². The minimum Gasteiger partial charge on any atom is -0.350 e. The SMILES string of the molecule is Cc1ccc(S(=O)(=O)N(CC(=O)N(Cc2ccc(Cl)c(Cl)c2)C(C)C(=O)NC(C)(C)C)c2ccc(C)cc2C)cc1. The van der Waals surface area contributed by atoms with Crippen LogP contribution >= 0.6 is 23.2 Å². The second-order valence-electron chi connectivity index (χ2n) is 11.3. The molecular weight excluding hydrogens is 581 g/mol. The monoisotopic (exact) mass is 617 g/mol. The van der Waals surface area contributed by atoms with Crippen LogP contribution in [0.15, 0.2) is 65.6 Å². The molecule has 0 bridgehead atoms. The summed E-state index contributed by atoms with van der Waals surface area (Å²) in [7, 11) is -4.15.